The third-order valence-corrected chi connectivity index (χ3v) is 9.58. The molecule has 42 heavy (non-hydrogen) atoms. The molecule has 3 aromatic rings. The summed E-state index contributed by atoms with van der Waals surface area (Å²) >= 11 is 6.24. The summed E-state index contributed by atoms with van der Waals surface area (Å²) in [6.45, 7) is 1.46. The number of carbonyl (C=O) groups excluding carboxylic acids is 2. The smallest absolute Gasteiger partial charge is 0.264 e. The molecule has 10 heteroatoms. The molecule has 1 unspecified atom stereocenters. The minimum Gasteiger partial charge on any atom is -0.497 e. The maximum atomic E-state index is 14.2. The minimum atomic E-state index is -4.15. The average molecular weight is 612 g/mol. The van der Waals surface area contributed by atoms with Gasteiger partial charge in [-0.05, 0) is 67.3 Å². The molecule has 0 bridgehead atoms. The van der Waals surface area contributed by atoms with Gasteiger partial charge in [0.15, 0.2) is 0 Å². The monoisotopic (exact) mass is 611 g/mol. The molecule has 1 aliphatic carbocycles. The molecule has 0 spiro atoms. The van der Waals surface area contributed by atoms with Crippen LogP contribution in [-0.2, 0) is 26.2 Å². The highest BCUT2D eigenvalue weighted by atomic mass is 35.5. The standard InChI is InChI=1S/C32H38ClN3O5S/c1-3-30(32(38)34-26-12-6-4-7-13-26)35(22-24-17-19-28(41-2)20-18-24)31(37)23-36(27-14-10-11-25(33)21-27)42(39,40)29-15-8-5-9-16-29/h5,8-11,14-21,26,30H,3-4,6-7,12-13,22-23H2,1-2H3,(H,34,38). The van der Waals surface area contributed by atoms with E-state index in [0.717, 1.165) is 42.0 Å². The van der Waals surface area contributed by atoms with Gasteiger partial charge in [-0.2, -0.15) is 0 Å². The van der Waals surface area contributed by atoms with Crippen LogP contribution in [-0.4, -0.2) is 50.9 Å². The molecule has 1 N–H and O–H groups in total. The second-order valence-electron chi connectivity index (χ2n) is 10.4. The zero-order valence-corrected chi connectivity index (χ0v) is 25.6. The van der Waals surface area contributed by atoms with Crippen molar-refractivity contribution in [2.75, 3.05) is 18.0 Å². The molecule has 1 saturated carbocycles. The first kappa shape index (κ1) is 31.4. The fourth-order valence-corrected chi connectivity index (χ4v) is 6.88. The summed E-state index contributed by atoms with van der Waals surface area (Å²) in [6.07, 6.45) is 5.45. The normalized spacial score (nSPS) is 14.5. The average Bonchev–Trinajstić information content (AvgIpc) is 3.00. The Bertz CT molecular complexity index is 1440. The number of hydrogen-bond donors (Lipinski definition) is 1. The number of methoxy groups -OCH3 is 1. The van der Waals surface area contributed by atoms with Gasteiger partial charge >= 0.3 is 0 Å². The Balaban J connectivity index is 1.69. The second-order valence-corrected chi connectivity index (χ2v) is 12.7. The third kappa shape index (κ3) is 7.83. The molecule has 4 rings (SSSR count). The van der Waals surface area contributed by atoms with Gasteiger partial charge in [-0.1, -0.05) is 74.2 Å². The number of rotatable bonds is 12. The summed E-state index contributed by atoms with van der Waals surface area (Å²) in [4.78, 5) is 29.3. The lowest BCUT2D eigenvalue weighted by Gasteiger charge is -2.34. The van der Waals surface area contributed by atoms with E-state index in [0.29, 0.717) is 17.2 Å². The molecule has 8 nitrogen and oxygen atoms in total. The van der Waals surface area contributed by atoms with Crippen molar-refractivity contribution in [3.8, 4) is 5.75 Å². The summed E-state index contributed by atoms with van der Waals surface area (Å²) in [5, 5.41) is 3.49. The lowest BCUT2D eigenvalue weighted by atomic mass is 9.95. The topological polar surface area (TPSA) is 96.0 Å². The quantitative estimate of drug-likeness (QED) is 0.279. The molecule has 0 saturated heterocycles. The highest BCUT2D eigenvalue weighted by Gasteiger charge is 2.34. The van der Waals surface area contributed by atoms with Gasteiger partial charge in [0.1, 0.15) is 18.3 Å². The molecule has 0 aliphatic heterocycles. The van der Waals surface area contributed by atoms with E-state index in [1.165, 1.54) is 23.1 Å². The Morgan fingerprint density at radius 1 is 0.976 bits per heavy atom. The zero-order valence-electron chi connectivity index (χ0n) is 24.0. The number of hydrogen-bond acceptors (Lipinski definition) is 5. The zero-order chi connectivity index (χ0) is 30.1. The van der Waals surface area contributed by atoms with E-state index in [-0.39, 0.29) is 29.1 Å². The number of amides is 2. The van der Waals surface area contributed by atoms with Crippen LogP contribution in [0.2, 0.25) is 5.02 Å². The van der Waals surface area contributed by atoms with Crippen LogP contribution in [0.3, 0.4) is 0 Å². The fourth-order valence-electron chi connectivity index (χ4n) is 5.27. The molecule has 1 atom stereocenters. The fraction of sp³-hybridized carbons (Fsp3) is 0.375. The summed E-state index contributed by atoms with van der Waals surface area (Å²) in [7, 11) is -2.57. The van der Waals surface area contributed by atoms with Gasteiger partial charge in [0.25, 0.3) is 10.0 Å². The molecular formula is C32H38ClN3O5S. The third-order valence-electron chi connectivity index (χ3n) is 7.56. The van der Waals surface area contributed by atoms with Crippen LogP contribution in [0.5, 0.6) is 5.75 Å². The Hall–Kier alpha value is -3.56. The van der Waals surface area contributed by atoms with Crippen LogP contribution in [0.15, 0.2) is 83.8 Å². The first-order chi connectivity index (χ1) is 20.2. The van der Waals surface area contributed by atoms with Crippen molar-refractivity contribution < 1.29 is 22.7 Å². The summed E-state index contributed by atoms with van der Waals surface area (Å²) in [5.74, 6) is -0.0674. The van der Waals surface area contributed by atoms with Crippen molar-refractivity contribution >= 4 is 39.1 Å². The van der Waals surface area contributed by atoms with Gasteiger partial charge in [0.05, 0.1) is 17.7 Å². The second kappa shape index (κ2) is 14.6. The van der Waals surface area contributed by atoms with Gasteiger partial charge in [-0.15, -0.1) is 0 Å². The maximum Gasteiger partial charge on any atom is 0.264 e. The Morgan fingerprint density at radius 3 is 2.29 bits per heavy atom. The molecule has 3 aromatic carbocycles. The van der Waals surface area contributed by atoms with Gasteiger partial charge in [-0.3, -0.25) is 13.9 Å². The van der Waals surface area contributed by atoms with Crippen LogP contribution in [0.4, 0.5) is 5.69 Å². The van der Waals surface area contributed by atoms with Gasteiger partial charge in [-0.25, -0.2) is 8.42 Å². The SMILES string of the molecule is CCC(C(=O)NC1CCCCC1)N(Cc1ccc(OC)cc1)C(=O)CN(c1cccc(Cl)c1)S(=O)(=O)c1ccccc1. The van der Waals surface area contributed by atoms with Crippen molar-refractivity contribution in [2.45, 2.75) is 69.0 Å². The summed E-state index contributed by atoms with van der Waals surface area (Å²) < 4.78 is 34.1. The van der Waals surface area contributed by atoms with Crippen LogP contribution >= 0.6 is 11.6 Å². The maximum absolute atomic E-state index is 14.2. The number of carbonyl (C=O) groups is 2. The van der Waals surface area contributed by atoms with E-state index in [2.05, 4.69) is 5.32 Å². The van der Waals surface area contributed by atoms with Crippen molar-refractivity contribution in [1.82, 2.24) is 10.2 Å². The van der Waals surface area contributed by atoms with Crippen molar-refractivity contribution in [3.05, 3.63) is 89.4 Å². The van der Waals surface area contributed by atoms with Crippen LogP contribution in [0, 0.1) is 0 Å². The van der Waals surface area contributed by atoms with Crippen LogP contribution < -0.4 is 14.4 Å². The Kier molecular flexibility index (Phi) is 10.9. The molecule has 0 heterocycles. The minimum absolute atomic E-state index is 0.0431. The molecule has 224 valence electrons. The Labute approximate surface area is 253 Å². The predicted octanol–water partition coefficient (Wildman–Crippen LogP) is 5.80. The Morgan fingerprint density at radius 2 is 1.67 bits per heavy atom. The molecule has 1 fully saturated rings. The first-order valence-corrected chi connectivity index (χ1v) is 16.1. The number of nitrogens with one attached hydrogen (secondary N) is 1. The lowest BCUT2D eigenvalue weighted by Crippen LogP contribution is -2.54. The van der Waals surface area contributed by atoms with E-state index in [1.807, 2.05) is 19.1 Å². The predicted molar refractivity (Wildman–Crippen MR) is 165 cm³/mol. The van der Waals surface area contributed by atoms with Gasteiger partial charge < -0.3 is 15.0 Å². The molecule has 2 amide bonds. The number of benzene rings is 3. The van der Waals surface area contributed by atoms with Crippen molar-refractivity contribution in [3.63, 3.8) is 0 Å². The molecule has 1 aliphatic rings. The summed E-state index contributed by atoms with van der Waals surface area (Å²) in [5.41, 5.74) is 1.04. The lowest BCUT2D eigenvalue weighted by molar-refractivity contribution is -0.140. The van der Waals surface area contributed by atoms with Gasteiger partial charge in [0, 0.05) is 17.6 Å². The number of nitrogens with zero attached hydrogens (tertiary/aromatic N) is 2. The van der Waals surface area contributed by atoms with Crippen LogP contribution in [0.1, 0.15) is 51.0 Å². The van der Waals surface area contributed by atoms with Crippen molar-refractivity contribution in [1.29, 1.82) is 0 Å². The highest BCUT2D eigenvalue weighted by Crippen LogP contribution is 2.27. The number of sulfonamides is 1. The van der Waals surface area contributed by atoms with E-state index in [9.17, 15) is 18.0 Å². The molecule has 0 aromatic heterocycles. The van der Waals surface area contributed by atoms with E-state index in [1.54, 1.807) is 55.6 Å². The largest absolute Gasteiger partial charge is 0.497 e. The molecular weight excluding hydrogens is 574 g/mol. The number of anilines is 1. The summed E-state index contributed by atoms with van der Waals surface area (Å²) in [6, 6.07) is 20.9. The van der Waals surface area contributed by atoms with Gasteiger partial charge in [0.2, 0.25) is 11.8 Å². The number of halogens is 1. The van der Waals surface area contributed by atoms with Crippen molar-refractivity contribution in [2.24, 2.45) is 0 Å². The first-order valence-electron chi connectivity index (χ1n) is 14.3. The number of ether oxygens (including phenoxy) is 1. The van der Waals surface area contributed by atoms with E-state index < -0.39 is 28.5 Å². The van der Waals surface area contributed by atoms with E-state index >= 15 is 0 Å². The molecule has 0 radical (unpaired) electrons. The highest BCUT2D eigenvalue weighted by molar-refractivity contribution is 7.92. The van der Waals surface area contributed by atoms with E-state index in [4.69, 9.17) is 16.3 Å². The van der Waals surface area contributed by atoms with Crippen LogP contribution in [0.25, 0.3) is 0 Å².